The van der Waals surface area contributed by atoms with Crippen LogP contribution in [0.5, 0.6) is 0 Å². The van der Waals surface area contributed by atoms with Crippen LogP contribution in [0.3, 0.4) is 0 Å². The molecule has 3 nitrogen and oxygen atoms in total. The van der Waals surface area contributed by atoms with Gasteiger partial charge in [0.25, 0.3) is 0 Å². The average molecular weight is 313 g/mol. The van der Waals surface area contributed by atoms with Gasteiger partial charge in [-0.2, -0.15) is 0 Å². The third-order valence-corrected chi connectivity index (χ3v) is 4.96. The summed E-state index contributed by atoms with van der Waals surface area (Å²) in [5.41, 5.74) is 2.72. The van der Waals surface area contributed by atoms with Crippen LogP contribution in [0.4, 0.5) is 4.79 Å². The molecule has 23 heavy (non-hydrogen) atoms. The van der Waals surface area contributed by atoms with Crippen LogP contribution in [0.2, 0.25) is 0 Å². The summed E-state index contributed by atoms with van der Waals surface area (Å²) in [6, 6.07) is 9.01. The highest BCUT2D eigenvalue weighted by Gasteiger charge is 2.42. The molecule has 1 saturated heterocycles. The molecule has 2 aliphatic heterocycles. The summed E-state index contributed by atoms with van der Waals surface area (Å²) < 4.78 is 5.31. The highest BCUT2D eigenvalue weighted by Crippen LogP contribution is 2.39. The Balaban J connectivity index is 1.61. The van der Waals surface area contributed by atoms with Crippen molar-refractivity contribution in [3.63, 3.8) is 0 Å². The molecule has 0 saturated carbocycles. The zero-order chi connectivity index (χ0) is 16.1. The van der Waals surface area contributed by atoms with Crippen molar-refractivity contribution in [2.45, 2.75) is 64.0 Å². The molecule has 2 heterocycles. The van der Waals surface area contributed by atoms with Gasteiger partial charge in [0.1, 0.15) is 6.61 Å². The Morgan fingerprint density at radius 2 is 2.09 bits per heavy atom. The number of unbranched alkanes of at least 4 members (excludes halogenated alkanes) is 3. The molecule has 1 aromatic carbocycles. The van der Waals surface area contributed by atoms with Gasteiger partial charge in [-0.3, -0.25) is 4.90 Å². The van der Waals surface area contributed by atoms with Gasteiger partial charge in [-0.15, -0.1) is 0 Å². The van der Waals surface area contributed by atoms with Gasteiger partial charge in [0, 0.05) is 0 Å². The Bertz CT molecular complexity index is 567. The van der Waals surface area contributed by atoms with Crippen LogP contribution in [-0.4, -0.2) is 23.6 Å². The van der Waals surface area contributed by atoms with Crippen molar-refractivity contribution in [1.82, 2.24) is 4.90 Å². The van der Waals surface area contributed by atoms with Crippen molar-refractivity contribution < 1.29 is 9.53 Å². The molecule has 1 aromatic rings. The van der Waals surface area contributed by atoms with E-state index in [0.29, 0.717) is 6.61 Å². The summed E-state index contributed by atoms with van der Waals surface area (Å²) in [6.07, 6.45) is 12.3. The van der Waals surface area contributed by atoms with Gasteiger partial charge in [-0.1, -0.05) is 56.2 Å². The van der Waals surface area contributed by atoms with E-state index in [4.69, 9.17) is 4.74 Å². The number of rotatable bonds is 7. The Labute approximate surface area is 139 Å². The molecule has 0 unspecified atom stereocenters. The predicted molar refractivity (Wildman–Crippen MR) is 92.4 cm³/mol. The number of amides is 1. The first kappa shape index (κ1) is 16.1. The average Bonchev–Trinajstić information content (AvgIpc) is 2.94. The second kappa shape index (κ2) is 7.67. The Morgan fingerprint density at radius 3 is 2.96 bits per heavy atom. The van der Waals surface area contributed by atoms with Crippen molar-refractivity contribution in [2.75, 3.05) is 6.61 Å². The van der Waals surface area contributed by atoms with Crippen LogP contribution in [0.25, 0.3) is 0 Å². The van der Waals surface area contributed by atoms with Crippen molar-refractivity contribution >= 4 is 6.09 Å². The van der Waals surface area contributed by atoms with Gasteiger partial charge in [-0.05, 0) is 43.2 Å². The molecule has 1 amide bonds. The summed E-state index contributed by atoms with van der Waals surface area (Å²) in [6.45, 7) is 2.72. The molecule has 2 atom stereocenters. The lowest BCUT2D eigenvalue weighted by atomic mass is 9.86. The minimum absolute atomic E-state index is 0.125. The minimum atomic E-state index is -0.125. The molecule has 0 bridgehead atoms. The molecule has 0 radical (unpaired) electrons. The first-order chi connectivity index (χ1) is 11.3. The Morgan fingerprint density at radius 1 is 1.22 bits per heavy atom. The van der Waals surface area contributed by atoms with Gasteiger partial charge in [0.05, 0.1) is 12.1 Å². The first-order valence-electron chi connectivity index (χ1n) is 8.99. The lowest BCUT2D eigenvalue weighted by molar-refractivity contribution is 0.137. The Hall–Kier alpha value is -1.77. The second-order valence-electron chi connectivity index (χ2n) is 6.57. The van der Waals surface area contributed by atoms with E-state index in [2.05, 4.69) is 43.3 Å². The number of fused-ring (bicyclic) bond motifs is 2. The summed E-state index contributed by atoms with van der Waals surface area (Å²) in [7, 11) is 0. The van der Waals surface area contributed by atoms with E-state index in [-0.39, 0.29) is 18.2 Å². The molecule has 0 spiro atoms. The van der Waals surface area contributed by atoms with Crippen LogP contribution in [-0.2, 0) is 11.2 Å². The molecule has 3 heteroatoms. The number of benzene rings is 1. The number of hydrogen-bond donors (Lipinski definition) is 0. The number of cyclic esters (lactones) is 1. The van der Waals surface area contributed by atoms with Gasteiger partial charge in [-0.25, -0.2) is 4.79 Å². The monoisotopic (exact) mass is 313 g/mol. The van der Waals surface area contributed by atoms with Crippen LogP contribution < -0.4 is 0 Å². The van der Waals surface area contributed by atoms with E-state index in [1.54, 1.807) is 0 Å². The van der Waals surface area contributed by atoms with Gasteiger partial charge in [0.15, 0.2) is 0 Å². The number of carbonyl (C=O) groups excluding carboxylic acids is 1. The number of nitrogens with zero attached hydrogens (tertiary/aromatic N) is 1. The SMILES string of the molecule is CC/C=C\CCCCC[C@@H]1c2ccccc2C[C@H]2COC(=O)N21. The predicted octanol–water partition coefficient (Wildman–Crippen LogP) is 5.02. The highest BCUT2D eigenvalue weighted by atomic mass is 16.6. The van der Waals surface area contributed by atoms with Crippen LogP contribution in [0.1, 0.15) is 62.6 Å². The molecular weight excluding hydrogens is 286 g/mol. The maximum Gasteiger partial charge on any atom is 0.410 e. The normalized spacial score (nSPS) is 23.0. The zero-order valence-corrected chi connectivity index (χ0v) is 14.0. The molecule has 0 aliphatic carbocycles. The quantitative estimate of drug-likeness (QED) is 0.522. The van der Waals surface area contributed by atoms with Crippen molar-refractivity contribution in [3.8, 4) is 0 Å². The van der Waals surface area contributed by atoms with Crippen LogP contribution in [0, 0.1) is 0 Å². The molecule has 3 rings (SSSR count). The number of allylic oxidation sites excluding steroid dienone is 2. The van der Waals surface area contributed by atoms with E-state index in [1.807, 2.05) is 4.90 Å². The fourth-order valence-electron chi connectivity index (χ4n) is 3.82. The molecule has 124 valence electrons. The lowest BCUT2D eigenvalue weighted by Gasteiger charge is -2.37. The standard InChI is InChI=1S/C20H27NO2/c1-2-3-4-5-6-7-8-13-19-18-12-10-9-11-16(18)14-17-15-23-20(22)21(17)19/h3-4,9-12,17,19H,2,5-8,13-15H2,1H3/b4-3-/t17-,19+/m0/s1. The molecule has 0 aromatic heterocycles. The van der Waals surface area contributed by atoms with Crippen LogP contribution >= 0.6 is 0 Å². The summed E-state index contributed by atoms with van der Waals surface area (Å²) in [4.78, 5) is 14.1. The summed E-state index contributed by atoms with van der Waals surface area (Å²) in [5.74, 6) is 0. The summed E-state index contributed by atoms with van der Waals surface area (Å²) in [5, 5.41) is 0. The molecule has 2 aliphatic rings. The first-order valence-corrected chi connectivity index (χ1v) is 8.99. The smallest absolute Gasteiger partial charge is 0.410 e. The minimum Gasteiger partial charge on any atom is -0.447 e. The molecule has 1 fully saturated rings. The highest BCUT2D eigenvalue weighted by molar-refractivity contribution is 5.71. The van der Waals surface area contributed by atoms with E-state index in [0.717, 1.165) is 25.7 Å². The molecular formula is C20H27NO2. The fourth-order valence-corrected chi connectivity index (χ4v) is 3.82. The van der Waals surface area contributed by atoms with Crippen molar-refractivity contribution in [1.29, 1.82) is 0 Å². The zero-order valence-electron chi connectivity index (χ0n) is 14.0. The maximum absolute atomic E-state index is 12.1. The molecule has 0 N–H and O–H groups in total. The van der Waals surface area contributed by atoms with Gasteiger partial charge >= 0.3 is 6.09 Å². The van der Waals surface area contributed by atoms with Crippen molar-refractivity contribution in [3.05, 3.63) is 47.5 Å². The van der Waals surface area contributed by atoms with E-state index < -0.39 is 0 Å². The number of carbonyl (C=O) groups is 1. The largest absolute Gasteiger partial charge is 0.447 e. The fraction of sp³-hybridized carbons (Fsp3) is 0.550. The van der Waals surface area contributed by atoms with E-state index in [1.165, 1.54) is 30.4 Å². The third kappa shape index (κ3) is 3.60. The number of ether oxygens (including phenoxy) is 1. The van der Waals surface area contributed by atoms with E-state index in [9.17, 15) is 4.79 Å². The van der Waals surface area contributed by atoms with Crippen molar-refractivity contribution in [2.24, 2.45) is 0 Å². The van der Waals surface area contributed by atoms with Gasteiger partial charge in [0.2, 0.25) is 0 Å². The maximum atomic E-state index is 12.1. The van der Waals surface area contributed by atoms with Gasteiger partial charge < -0.3 is 4.74 Å². The second-order valence-corrected chi connectivity index (χ2v) is 6.57. The number of hydrogen-bond acceptors (Lipinski definition) is 2. The lowest BCUT2D eigenvalue weighted by Crippen LogP contribution is -2.42. The third-order valence-electron chi connectivity index (χ3n) is 4.96. The van der Waals surface area contributed by atoms with E-state index >= 15 is 0 Å². The summed E-state index contributed by atoms with van der Waals surface area (Å²) >= 11 is 0. The Kier molecular flexibility index (Phi) is 5.37. The van der Waals surface area contributed by atoms with Crippen LogP contribution in [0.15, 0.2) is 36.4 Å². The topological polar surface area (TPSA) is 29.5 Å².